The molecule has 1 heterocycles. The van der Waals surface area contributed by atoms with E-state index in [-0.39, 0.29) is 11.1 Å². The van der Waals surface area contributed by atoms with E-state index >= 15 is 0 Å². The Morgan fingerprint density at radius 2 is 1.96 bits per heavy atom. The minimum absolute atomic E-state index is 0.0914. The molecule has 2 aromatic rings. The number of nitrogens with zero attached hydrogens (tertiary/aromatic N) is 2. The third kappa shape index (κ3) is 3.53. The first-order chi connectivity index (χ1) is 12.0. The van der Waals surface area contributed by atoms with E-state index in [0.29, 0.717) is 5.39 Å². The molecule has 2 rings (SSSR count). The fourth-order valence-electron chi connectivity index (χ4n) is 2.64. The molecule has 0 bridgehead atoms. The van der Waals surface area contributed by atoms with Crippen LogP contribution in [-0.2, 0) is 9.53 Å². The summed E-state index contributed by atoms with van der Waals surface area (Å²) in [6, 6.07) is 6.98. The van der Waals surface area contributed by atoms with Gasteiger partial charge in [0.2, 0.25) is 0 Å². The van der Waals surface area contributed by atoms with Gasteiger partial charge in [0.05, 0.1) is 12.7 Å². The van der Waals surface area contributed by atoms with Crippen LogP contribution in [0.2, 0.25) is 0 Å². The average Bonchev–Trinajstić information content (AvgIpc) is 2.60. The van der Waals surface area contributed by atoms with Crippen LogP contribution >= 0.6 is 0 Å². The Kier molecular flexibility index (Phi) is 5.55. The first-order valence-corrected chi connectivity index (χ1v) is 7.82. The lowest BCUT2D eigenvalue weighted by Gasteiger charge is -2.21. The van der Waals surface area contributed by atoms with Crippen molar-refractivity contribution in [2.24, 2.45) is 0 Å². The highest BCUT2D eigenvalue weighted by Gasteiger charge is 2.23. The second kappa shape index (κ2) is 7.62. The first kappa shape index (κ1) is 18.2. The number of anilines is 1. The molecule has 1 aromatic heterocycles. The molecule has 0 saturated heterocycles. The highest BCUT2D eigenvalue weighted by Crippen LogP contribution is 2.25. The van der Waals surface area contributed by atoms with E-state index in [9.17, 15) is 19.6 Å². The number of fused-ring (bicyclic) bond motifs is 1. The quantitative estimate of drug-likeness (QED) is 0.343. The van der Waals surface area contributed by atoms with Crippen LogP contribution in [0.25, 0.3) is 11.0 Å². The summed E-state index contributed by atoms with van der Waals surface area (Å²) in [7, 11) is 1.14. The predicted octanol–water partition coefficient (Wildman–Crippen LogP) is 2.26. The Morgan fingerprint density at radius 3 is 2.52 bits per heavy atom. The zero-order valence-corrected chi connectivity index (χ0v) is 14.3. The second-order valence-electron chi connectivity index (χ2n) is 5.28. The predicted molar refractivity (Wildman–Crippen MR) is 91.7 cm³/mol. The highest BCUT2D eigenvalue weighted by molar-refractivity contribution is 6.09. The van der Waals surface area contributed by atoms with Gasteiger partial charge in [-0.05, 0) is 26.0 Å². The van der Waals surface area contributed by atoms with E-state index in [1.807, 2.05) is 19.9 Å². The van der Waals surface area contributed by atoms with Crippen molar-refractivity contribution in [2.45, 2.75) is 20.3 Å². The van der Waals surface area contributed by atoms with Gasteiger partial charge in [0.25, 0.3) is 0 Å². The average molecular weight is 342 g/mol. The van der Waals surface area contributed by atoms with Crippen molar-refractivity contribution < 1.29 is 18.7 Å². The summed E-state index contributed by atoms with van der Waals surface area (Å²) in [6.45, 7) is 5.54. The van der Waals surface area contributed by atoms with Crippen LogP contribution < -0.4 is 10.5 Å². The zero-order chi connectivity index (χ0) is 18.6. The number of ketones is 1. The maximum atomic E-state index is 12.2. The number of benzene rings is 1. The van der Waals surface area contributed by atoms with Gasteiger partial charge < -0.3 is 14.1 Å². The Morgan fingerprint density at radius 1 is 1.28 bits per heavy atom. The number of Topliss-reactive ketones (excluding diaryl/α,β-unsaturated/α-hetero) is 1. The molecule has 7 nitrogen and oxygen atoms in total. The maximum Gasteiger partial charge on any atom is 0.348 e. The fourth-order valence-corrected chi connectivity index (χ4v) is 2.64. The molecule has 7 heteroatoms. The molecule has 0 unspecified atom stereocenters. The number of esters is 1. The number of rotatable bonds is 6. The van der Waals surface area contributed by atoms with Crippen molar-refractivity contribution in [3.63, 3.8) is 0 Å². The van der Waals surface area contributed by atoms with Crippen LogP contribution in [0.3, 0.4) is 0 Å². The molecule has 0 aliphatic heterocycles. The van der Waals surface area contributed by atoms with E-state index in [4.69, 9.17) is 4.42 Å². The Bertz CT molecular complexity index is 919. The summed E-state index contributed by atoms with van der Waals surface area (Å²) in [5.74, 6) is -1.59. The van der Waals surface area contributed by atoms with Crippen molar-refractivity contribution in [1.29, 1.82) is 5.26 Å². The number of methoxy groups -OCH3 is 1. The molecule has 130 valence electrons. The molecule has 25 heavy (non-hydrogen) atoms. The van der Waals surface area contributed by atoms with E-state index in [1.165, 1.54) is 0 Å². The van der Waals surface area contributed by atoms with Gasteiger partial charge in [-0.15, -0.1) is 0 Å². The lowest BCUT2D eigenvalue weighted by Crippen LogP contribution is -2.22. The van der Waals surface area contributed by atoms with E-state index in [1.54, 1.807) is 18.2 Å². The molecule has 0 amide bonds. The minimum Gasteiger partial charge on any atom is -0.469 e. The van der Waals surface area contributed by atoms with Crippen molar-refractivity contribution >= 4 is 28.4 Å². The van der Waals surface area contributed by atoms with Gasteiger partial charge in [0.1, 0.15) is 23.6 Å². The summed E-state index contributed by atoms with van der Waals surface area (Å²) in [4.78, 5) is 37.8. The van der Waals surface area contributed by atoms with Gasteiger partial charge >= 0.3 is 11.6 Å². The summed E-state index contributed by atoms with van der Waals surface area (Å²) in [5.41, 5.74) is -0.379. The number of nitriles is 1. The van der Waals surface area contributed by atoms with Gasteiger partial charge in [-0.1, -0.05) is 0 Å². The number of carbonyl (C=O) groups is 2. The fraction of sp³-hybridized carbons (Fsp3) is 0.333. The van der Waals surface area contributed by atoms with Crippen LogP contribution in [0.4, 0.5) is 5.69 Å². The van der Waals surface area contributed by atoms with Crippen molar-refractivity contribution in [3.05, 3.63) is 39.7 Å². The SMILES string of the molecule is CCN(CC)c1ccc2c(C#N)c(C(=O)CC(=O)OC)c(=O)oc2c1. The number of hydrogen-bond acceptors (Lipinski definition) is 7. The topological polar surface area (TPSA) is 101 Å². The Balaban J connectivity index is 2.64. The molecular weight excluding hydrogens is 324 g/mol. The normalized spacial score (nSPS) is 10.3. The summed E-state index contributed by atoms with van der Waals surface area (Å²) in [6.07, 6.45) is -0.626. The number of hydrogen-bond donors (Lipinski definition) is 0. The molecule has 1 aromatic carbocycles. The second-order valence-corrected chi connectivity index (χ2v) is 5.28. The largest absolute Gasteiger partial charge is 0.469 e. The molecule has 0 aliphatic carbocycles. The molecule has 0 N–H and O–H groups in total. The molecule has 0 saturated carbocycles. The molecule has 0 atom stereocenters. The Labute approximate surface area is 144 Å². The molecule has 0 spiro atoms. The van der Waals surface area contributed by atoms with Gasteiger partial charge in [-0.25, -0.2) is 4.79 Å². The van der Waals surface area contributed by atoms with Crippen LogP contribution in [-0.4, -0.2) is 32.0 Å². The highest BCUT2D eigenvalue weighted by atomic mass is 16.5. The zero-order valence-electron chi connectivity index (χ0n) is 14.3. The van der Waals surface area contributed by atoms with Crippen LogP contribution in [0, 0.1) is 11.3 Å². The van der Waals surface area contributed by atoms with Gasteiger partial charge in [0.15, 0.2) is 5.78 Å². The van der Waals surface area contributed by atoms with E-state index in [0.717, 1.165) is 25.9 Å². The van der Waals surface area contributed by atoms with Gasteiger partial charge in [-0.3, -0.25) is 9.59 Å². The van der Waals surface area contributed by atoms with Gasteiger partial charge in [-0.2, -0.15) is 5.26 Å². The van der Waals surface area contributed by atoms with Crippen LogP contribution in [0.1, 0.15) is 36.2 Å². The molecule has 0 fully saturated rings. The number of ether oxygens (including phenoxy) is 1. The summed E-state index contributed by atoms with van der Waals surface area (Å²) >= 11 is 0. The van der Waals surface area contributed by atoms with Crippen LogP contribution in [0.15, 0.2) is 27.4 Å². The summed E-state index contributed by atoms with van der Waals surface area (Å²) < 4.78 is 9.67. The van der Waals surface area contributed by atoms with E-state index < -0.39 is 29.4 Å². The molecular formula is C18H18N2O5. The summed E-state index contributed by atoms with van der Waals surface area (Å²) in [5, 5.41) is 9.80. The van der Waals surface area contributed by atoms with Crippen molar-refractivity contribution in [2.75, 3.05) is 25.1 Å². The lowest BCUT2D eigenvalue weighted by atomic mass is 10.0. The van der Waals surface area contributed by atoms with Crippen molar-refractivity contribution in [3.8, 4) is 6.07 Å². The van der Waals surface area contributed by atoms with E-state index in [2.05, 4.69) is 9.64 Å². The monoisotopic (exact) mass is 342 g/mol. The third-order valence-electron chi connectivity index (χ3n) is 3.94. The molecule has 0 radical (unpaired) electrons. The van der Waals surface area contributed by atoms with Crippen molar-refractivity contribution in [1.82, 2.24) is 0 Å². The smallest absolute Gasteiger partial charge is 0.348 e. The maximum absolute atomic E-state index is 12.2. The minimum atomic E-state index is -0.936. The lowest BCUT2D eigenvalue weighted by molar-refractivity contribution is -0.139. The first-order valence-electron chi connectivity index (χ1n) is 7.82. The van der Waals surface area contributed by atoms with Crippen LogP contribution in [0.5, 0.6) is 0 Å². The van der Waals surface area contributed by atoms with Gasteiger partial charge in [0, 0.05) is 30.2 Å². The Hall–Kier alpha value is -3.14. The molecule has 0 aliphatic rings. The standard InChI is InChI=1S/C18H18N2O5/c1-4-20(5-2)11-6-7-12-13(10-19)17(14(21)9-16(22)24-3)18(23)25-15(12)8-11/h6-8H,4-5,9H2,1-3H3. The number of carbonyl (C=O) groups excluding carboxylic acids is 2. The third-order valence-corrected chi connectivity index (χ3v) is 3.94.